The molecule has 0 aromatic rings. The average molecular weight is 859 g/mol. The summed E-state index contributed by atoms with van der Waals surface area (Å²) in [5.41, 5.74) is 0. The largest absolute Gasteiger partial charge is 0.462 e. The van der Waals surface area contributed by atoms with Crippen molar-refractivity contribution in [3.05, 3.63) is 109 Å². The first-order chi connectivity index (χ1) is 30.5. The standard InChI is InChI=1S/C56H90O6/c1-4-7-10-13-15-17-19-20-21-22-23-24-25-26-27-28-29-30-31-32-33-34-35-36-37-39-40-43-46-49-55(58)61-52-53(51-60-54(57)48-45-42-12-9-6-3)62-56(59)50-47-44-41-38-18-16-14-11-8-5-2/h7,10,15,17,20-21,23-24,26-27,29-30,32-33,35-36,39-40,53H,4-6,8-9,11-14,16,18-19,22,25,28,31,34,37-38,41-52H2,1-3H3/b10-7-,17-15-,21-20-,24-23-,27-26-,30-29-,33-32-,36-35-,40-39-. The Bertz CT molecular complexity index is 1310. The number of allylic oxidation sites excluding steroid dienone is 18. The molecule has 350 valence electrons. The van der Waals surface area contributed by atoms with Crippen LogP contribution in [0.5, 0.6) is 0 Å². The maximum atomic E-state index is 12.6. The maximum Gasteiger partial charge on any atom is 0.306 e. The number of hydrogen-bond donors (Lipinski definition) is 0. The van der Waals surface area contributed by atoms with E-state index in [1.54, 1.807) is 0 Å². The zero-order valence-electron chi connectivity index (χ0n) is 39.8. The third kappa shape index (κ3) is 47.1. The van der Waals surface area contributed by atoms with Crippen molar-refractivity contribution in [2.24, 2.45) is 0 Å². The predicted octanol–water partition coefficient (Wildman–Crippen LogP) is 16.4. The van der Waals surface area contributed by atoms with Crippen molar-refractivity contribution in [2.75, 3.05) is 13.2 Å². The molecule has 0 aromatic heterocycles. The second-order valence-corrected chi connectivity index (χ2v) is 16.0. The zero-order chi connectivity index (χ0) is 45.1. The van der Waals surface area contributed by atoms with Crippen molar-refractivity contribution >= 4 is 17.9 Å². The Balaban J connectivity index is 4.22. The number of carbonyl (C=O) groups excluding carboxylic acids is 3. The molecule has 0 saturated carbocycles. The van der Waals surface area contributed by atoms with E-state index in [0.717, 1.165) is 116 Å². The van der Waals surface area contributed by atoms with Gasteiger partial charge in [0.1, 0.15) is 13.2 Å². The number of rotatable bonds is 43. The van der Waals surface area contributed by atoms with Crippen LogP contribution in [0.25, 0.3) is 0 Å². The molecule has 6 heteroatoms. The molecule has 0 saturated heterocycles. The number of carbonyl (C=O) groups is 3. The molecule has 6 nitrogen and oxygen atoms in total. The van der Waals surface area contributed by atoms with Gasteiger partial charge in [-0.25, -0.2) is 0 Å². The van der Waals surface area contributed by atoms with Crippen LogP contribution < -0.4 is 0 Å². The fourth-order valence-corrected chi connectivity index (χ4v) is 6.32. The van der Waals surface area contributed by atoms with Crippen molar-refractivity contribution in [1.29, 1.82) is 0 Å². The summed E-state index contributed by atoms with van der Waals surface area (Å²) in [5.74, 6) is -0.983. The molecule has 1 atom stereocenters. The number of ether oxygens (including phenoxy) is 3. The van der Waals surface area contributed by atoms with Crippen molar-refractivity contribution in [1.82, 2.24) is 0 Å². The molecule has 0 heterocycles. The van der Waals surface area contributed by atoms with Gasteiger partial charge in [0.2, 0.25) is 0 Å². The Morgan fingerprint density at radius 2 is 0.629 bits per heavy atom. The minimum atomic E-state index is -0.795. The summed E-state index contributed by atoms with van der Waals surface area (Å²) in [6.45, 7) is 6.35. The molecular weight excluding hydrogens is 769 g/mol. The first-order valence-corrected chi connectivity index (χ1v) is 24.9. The second-order valence-electron chi connectivity index (χ2n) is 16.0. The Kier molecular flexibility index (Phi) is 46.6. The smallest absolute Gasteiger partial charge is 0.306 e. The lowest BCUT2D eigenvalue weighted by Gasteiger charge is -2.18. The van der Waals surface area contributed by atoms with Gasteiger partial charge in [-0.15, -0.1) is 0 Å². The van der Waals surface area contributed by atoms with Gasteiger partial charge in [0.05, 0.1) is 0 Å². The van der Waals surface area contributed by atoms with Crippen LogP contribution in [0.15, 0.2) is 109 Å². The van der Waals surface area contributed by atoms with Crippen molar-refractivity contribution in [2.45, 2.75) is 213 Å². The molecule has 0 fully saturated rings. The van der Waals surface area contributed by atoms with Gasteiger partial charge in [-0.2, -0.15) is 0 Å². The van der Waals surface area contributed by atoms with E-state index in [4.69, 9.17) is 14.2 Å². The molecular formula is C56H90O6. The molecule has 1 unspecified atom stereocenters. The number of unbranched alkanes of at least 4 members (excludes halogenated alkanes) is 14. The van der Waals surface area contributed by atoms with Gasteiger partial charge in [0.25, 0.3) is 0 Å². The highest BCUT2D eigenvalue weighted by Gasteiger charge is 2.19. The van der Waals surface area contributed by atoms with Crippen molar-refractivity contribution in [3.63, 3.8) is 0 Å². The Morgan fingerprint density at radius 3 is 0.984 bits per heavy atom. The van der Waals surface area contributed by atoms with E-state index in [-0.39, 0.29) is 37.5 Å². The summed E-state index contributed by atoms with van der Waals surface area (Å²) in [7, 11) is 0. The lowest BCUT2D eigenvalue weighted by atomic mass is 10.1. The second kappa shape index (κ2) is 49.7. The Hall–Kier alpha value is -3.93. The van der Waals surface area contributed by atoms with Crippen molar-refractivity contribution in [3.8, 4) is 0 Å². The van der Waals surface area contributed by atoms with Crippen LogP contribution in [0.1, 0.15) is 207 Å². The highest BCUT2D eigenvalue weighted by molar-refractivity contribution is 5.71. The van der Waals surface area contributed by atoms with Gasteiger partial charge in [-0.3, -0.25) is 14.4 Å². The van der Waals surface area contributed by atoms with Gasteiger partial charge < -0.3 is 14.2 Å². The fourth-order valence-electron chi connectivity index (χ4n) is 6.32. The normalized spacial score (nSPS) is 13.0. The zero-order valence-corrected chi connectivity index (χ0v) is 39.8. The summed E-state index contributed by atoms with van der Waals surface area (Å²) in [4.78, 5) is 37.5. The topological polar surface area (TPSA) is 78.9 Å². The van der Waals surface area contributed by atoms with Gasteiger partial charge >= 0.3 is 17.9 Å². The minimum absolute atomic E-state index is 0.0969. The molecule has 0 spiro atoms. The highest BCUT2D eigenvalue weighted by atomic mass is 16.6. The van der Waals surface area contributed by atoms with Crippen LogP contribution in [0, 0.1) is 0 Å². The maximum absolute atomic E-state index is 12.6. The van der Waals surface area contributed by atoms with E-state index in [1.165, 1.54) is 44.9 Å². The Labute approximate surface area is 380 Å². The molecule has 0 aliphatic rings. The number of esters is 3. The lowest BCUT2D eigenvalue weighted by molar-refractivity contribution is -0.167. The van der Waals surface area contributed by atoms with Gasteiger partial charge in [0.15, 0.2) is 6.10 Å². The summed E-state index contributed by atoms with van der Waals surface area (Å²) in [6.07, 6.45) is 67.0. The third-order valence-electron chi connectivity index (χ3n) is 10.0. The monoisotopic (exact) mass is 859 g/mol. The molecule has 0 bridgehead atoms. The molecule has 0 N–H and O–H groups in total. The predicted molar refractivity (Wildman–Crippen MR) is 265 cm³/mol. The molecule has 0 aliphatic carbocycles. The van der Waals surface area contributed by atoms with Crippen LogP contribution in [0.4, 0.5) is 0 Å². The molecule has 0 aromatic carbocycles. The van der Waals surface area contributed by atoms with Gasteiger partial charge in [0, 0.05) is 19.3 Å². The first-order valence-electron chi connectivity index (χ1n) is 24.9. The molecule has 0 rings (SSSR count). The summed E-state index contributed by atoms with van der Waals surface area (Å²) < 4.78 is 16.5. The highest BCUT2D eigenvalue weighted by Crippen LogP contribution is 2.13. The molecule has 0 radical (unpaired) electrons. The quantitative estimate of drug-likeness (QED) is 0.0263. The number of hydrogen-bond acceptors (Lipinski definition) is 6. The summed E-state index contributed by atoms with van der Waals surface area (Å²) in [6, 6.07) is 0. The van der Waals surface area contributed by atoms with Crippen LogP contribution in [0.2, 0.25) is 0 Å². The van der Waals surface area contributed by atoms with E-state index < -0.39 is 6.10 Å². The van der Waals surface area contributed by atoms with E-state index in [2.05, 4.69) is 130 Å². The van der Waals surface area contributed by atoms with E-state index in [9.17, 15) is 14.4 Å². The SMILES string of the molecule is CC/C=C\C/C=C\C/C=C\C/C=C\C/C=C\C/C=C\C/C=C\C/C=C\C/C=C\CCCC(=O)OCC(COC(=O)CCCCCCC)OC(=O)CCCCCCCCCCCC. The van der Waals surface area contributed by atoms with Crippen molar-refractivity contribution < 1.29 is 28.6 Å². The van der Waals surface area contributed by atoms with Crippen LogP contribution in [-0.2, 0) is 28.6 Å². The van der Waals surface area contributed by atoms with Crippen LogP contribution >= 0.6 is 0 Å². The van der Waals surface area contributed by atoms with E-state index in [0.29, 0.717) is 19.3 Å². The lowest BCUT2D eigenvalue weighted by Crippen LogP contribution is -2.30. The van der Waals surface area contributed by atoms with E-state index in [1.807, 2.05) is 0 Å². The first kappa shape index (κ1) is 58.1. The molecule has 0 amide bonds. The van der Waals surface area contributed by atoms with Gasteiger partial charge in [-0.05, 0) is 83.5 Å². The van der Waals surface area contributed by atoms with Crippen LogP contribution in [-0.4, -0.2) is 37.2 Å². The fraction of sp³-hybridized carbons (Fsp3) is 0.625. The average Bonchev–Trinajstić information content (AvgIpc) is 3.27. The summed E-state index contributed by atoms with van der Waals surface area (Å²) >= 11 is 0. The van der Waals surface area contributed by atoms with E-state index >= 15 is 0 Å². The minimum Gasteiger partial charge on any atom is -0.462 e. The third-order valence-corrected chi connectivity index (χ3v) is 10.0. The Morgan fingerprint density at radius 1 is 0.339 bits per heavy atom. The summed E-state index contributed by atoms with van der Waals surface area (Å²) in [5, 5.41) is 0. The van der Waals surface area contributed by atoms with Crippen LogP contribution in [0.3, 0.4) is 0 Å². The molecule has 0 aliphatic heterocycles. The van der Waals surface area contributed by atoms with Gasteiger partial charge in [-0.1, -0.05) is 214 Å². The molecule has 62 heavy (non-hydrogen) atoms.